The minimum Gasteiger partial charge on any atom is -0.355 e. The van der Waals surface area contributed by atoms with Gasteiger partial charge in [-0.3, -0.25) is 4.79 Å². The van der Waals surface area contributed by atoms with Crippen molar-refractivity contribution in [3.8, 4) is 5.82 Å². The molecule has 1 aliphatic heterocycles. The average molecular weight is 357 g/mol. The molecule has 0 N–H and O–H groups in total. The highest BCUT2D eigenvalue weighted by Crippen LogP contribution is 2.21. The summed E-state index contributed by atoms with van der Waals surface area (Å²) in [6, 6.07) is 7.66. The van der Waals surface area contributed by atoms with Crippen molar-refractivity contribution in [2.75, 3.05) is 31.1 Å². The van der Waals surface area contributed by atoms with Gasteiger partial charge < -0.3 is 9.80 Å². The number of carbonyl (C=O) groups is 1. The van der Waals surface area contributed by atoms with Gasteiger partial charge in [0.2, 0.25) is 6.41 Å². The molecule has 1 amide bonds. The van der Waals surface area contributed by atoms with Crippen LogP contribution in [-0.4, -0.2) is 57.2 Å². The van der Waals surface area contributed by atoms with Crippen molar-refractivity contribution in [2.24, 2.45) is 0 Å². The molecule has 4 heterocycles. The lowest BCUT2D eigenvalue weighted by molar-refractivity contribution is -0.117. The van der Waals surface area contributed by atoms with Crippen molar-refractivity contribution in [1.29, 1.82) is 0 Å². The zero-order valence-electron chi connectivity index (χ0n) is 13.5. The number of amides is 1. The van der Waals surface area contributed by atoms with Crippen molar-refractivity contribution >= 4 is 34.7 Å². The molecule has 0 unspecified atom stereocenters. The second kappa shape index (κ2) is 6.68. The molecule has 0 saturated carbocycles. The number of hydrogen-bond acceptors (Lipinski definition) is 5. The molecule has 25 heavy (non-hydrogen) atoms. The van der Waals surface area contributed by atoms with Crippen LogP contribution in [0, 0.1) is 0 Å². The zero-order chi connectivity index (χ0) is 17.2. The summed E-state index contributed by atoms with van der Waals surface area (Å²) in [6.45, 7) is 3.14. The molecule has 3 aromatic rings. The van der Waals surface area contributed by atoms with Gasteiger partial charge in [-0.25, -0.2) is 14.6 Å². The summed E-state index contributed by atoms with van der Waals surface area (Å²) in [7, 11) is 0. The van der Waals surface area contributed by atoms with Crippen LogP contribution in [0.5, 0.6) is 0 Å². The van der Waals surface area contributed by atoms with E-state index in [2.05, 4.69) is 15.0 Å². The number of fused-ring (bicyclic) bond motifs is 1. The van der Waals surface area contributed by atoms with E-state index >= 15 is 0 Å². The van der Waals surface area contributed by atoms with Gasteiger partial charge in [0.05, 0.1) is 11.7 Å². The minimum atomic E-state index is 0.423. The second-order valence-electron chi connectivity index (χ2n) is 5.96. The zero-order valence-corrected chi connectivity index (χ0v) is 14.3. The first-order chi connectivity index (χ1) is 12.2. The number of hydrogen-bond donors (Lipinski definition) is 0. The standard InChI is InChI=1S/C17H17ClN6O/c18-15-9-14-13(10-19-15)11-20-24(14)17-4-1-3-16(21-17)23-6-2-5-22(12-25)7-8-23/h1,3-4,9-12H,2,5-8H2. The Morgan fingerprint density at radius 1 is 1.08 bits per heavy atom. The van der Waals surface area contributed by atoms with E-state index in [9.17, 15) is 4.79 Å². The molecular weight excluding hydrogens is 340 g/mol. The Kier molecular flexibility index (Phi) is 4.23. The van der Waals surface area contributed by atoms with Crippen LogP contribution in [0.1, 0.15) is 6.42 Å². The Bertz CT molecular complexity index is 911. The summed E-state index contributed by atoms with van der Waals surface area (Å²) in [5.74, 6) is 1.61. The Labute approximate surface area is 149 Å². The van der Waals surface area contributed by atoms with E-state index in [0.29, 0.717) is 11.7 Å². The van der Waals surface area contributed by atoms with Crippen molar-refractivity contribution in [2.45, 2.75) is 6.42 Å². The number of carbonyl (C=O) groups excluding carboxylic acids is 1. The molecule has 0 atom stereocenters. The van der Waals surface area contributed by atoms with Crippen LogP contribution in [0.25, 0.3) is 16.7 Å². The van der Waals surface area contributed by atoms with Crippen molar-refractivity contribution < 1.29 is 4.79 Å². The fourth-order valence-corrected chi connectivity index (χ4v) is 3.21. The van der Waals surface area contributed by atoms with E-state index < -0.39 is 0 Å². The normalized spacial score (nSPS) is 15.4. The molecular formula is C17H17ClN6O. The fraction of sp³-hybridized carbons (Fsp3) is 0.294. The smallest absolute Gasteiger partial charge is 0.209 e. The number of aromatic nitrogens is 4. The molecule has 1 fully saturated rings. The van der Waals surface area contributed by atoms with Gasteiger partial charge in [-0.2, -0.15) is 5.10 Å². The number of pyridine rings is 2. The molecule has 0 aliphatic carbocycles. The van der Waals surface area contributed by atoms with Crippen LogP contribution < -0.4 is 4.90 Å². The number of nitrogens with zero attached hydrogens (tertiary/aromatic N) is 6. The van der Waals surface area contributed by atoms with Gasteiger partial charge in [-0.05, 0) is 18.6 Å². The van der Waals surface area contributed by atoms with Gasteiger partial charge in [-0.1, -0.05) is 17.7 Å². The largest absolute Gasteiger partial charge is 0.355 e. The summed E-state index contributed by atoms with van der Waals surface area (Å²) in [4.78, 5) is 23.8. The van der Waals surface area contributed by atoms with Crippen molar-refractivity contribution in [3.63, 3.8) is 0 Å². The van der Waals surface area contributed by atoms with E-state index in [1.807, 2.05) is 18.2 Å². The predicted molar refractivity (Wildman–Crippen MR) is 96.1 cm³/mol. The third-order valence-corrected chi connectivity index (χ3v) is 4.57. The summed E-state index contributed by atoms with van der Waals surface area (Å²) in [5, 5.41) is 5.75. The Balaban J connectivity index is 1.67. The first-order valence-corrected chi connectivity index (χ1v) is 8.53. The fourth-order valence-electron chi connectivity index (χ4n) is 3.06. The Morgan fingerprint density at radius 2 is 1.96 bits per heavy atom. The number of halogens is 1. The molecule has 1 aliphatic rings. The summed E-state index contributed by atoms with van der Waals surface area (Å²) in [5.41, 5.74) is 0.868. The lowest BCUT2D eigenvalue weighted by atomic mass is 10.3. The Morgan fingerprint density at radius 3 is 2.84 bits per heavy atom. The highest BCUT2D eigenvalue weighted by molar-refractivity contribution is 6.30. The maximum Gasteiger partial charge on any atom is 0.209 e. The first kappa shape index (κ1) is 15.8. The molecule has 0 spiro atoms. The maximum atomic E-state index is 11.0. The van der Waals surface area contributed by atoms with E-state index in [-0.39, 0.29) is 0 Å². The van der Waals surface area contributed by atoms with Gasteiger partial charge in [0, 0.05) is 43.8 Å². The number of rotatable bonds is 3. The van der Waals surface area contributed by atoms with Gasteiger partial charge >= 0.3 is 0 Å². The predicted octanol–water partition coefficient (Wildman–Crippen LogP) is 2.14. The lowest BCUT2D eigenvalue weighted by Gasteiger charge is -2.22. The highest BCUT2D eigenvalue weighted by Gasteiger charge is 2.16. The average Bonchev–Trinajstić information content (AvgIpc) is 2.90. The molecule has 1 saturated heterocycles. The van der Waals surface area contributed by atoms with Gasteiger partial charge in [-0.15, -0.1) is 0 Å². The van der Waals surface area contributed by atoms with E-state index in [4.69, 9.17) is 16.6 Å². The molecule has 0 aromatic carbocycles. The van der Waals surface area contributed by atoms with Crippen LogP contribution in [0.15, 0.2) is 36.7 Å². The molecule has 3 aromatic heterocycles. The lowest BCUT2D eigenvalue weighted by Crippen LogP contribution is -2.30. The first-order valence-electron chi connectivity index (χ1n) is 8.15. The minimum absolute atomic E-state index is 0.423. The Hall–Kier alpha value is -2.67. The molecule has 0 radical (unpaired) electrons. The second-order valence-corrected chi connectivity index (χ2v) is 6.35. The van der Waals surface area contributed by atoms with Gasteiger partial charge in [0.15, 0.2) is 5.82 Å². The third-order valence-electron chi connectivity index (χ3n) is 4.36. The van der Waals surface area contributed by atoms with E-state index in [0.717, 1.165) is 55.0 Å². The third kappa shape index (κ3) is 3.15. The van der Waals surface area contributed by atoms with Crippen molar-refractivity contribution in [1.82, 2.24) is 24.6 Å². The van der Waals surface area contributed by atoms with Crippen LogP contribution in [0.3, 0.4) is 0 Å². The number of anilines is 1. The monoisotopic (exact) mass is 356 g/mol. The summed E-state index contributed by atoms with van der Waals surface area (Å²) in [6.07, 6.45) is 5.30. The molecule has 4 rings (SSSR count). The van der Waals surface area contributed by atoms with Crippen LogP contribution in [-0.2, 0) is 4.79 Å². The summed E-state index contributed by atoms with van der Waals surface area (Å²) >= 11 is 6.02. The molecule has 8 heteroatoms. The molecule has 7 nitrogen and oxygen atoms in total. The molecule has 128 valence electrons. The van der Waals surface area contributed by atoms with E-state index in [1.165, 1.54) is 0 Å². The van der Waals surface area contributed by atoms with Crippen LogP contribution in [0.2, 0.25) is 5.15 Å². The van der Waals surface area contributed by atoms with Crippen molar-refractivity contribution in [3.05, 3.63) is 41.8 Å². The quantitative estimate of drug-likeness (QED) is 0.531. The SMILES string of the molecule is O=CN1CCCN(c2cccc(-n3ncc4cnc(Cl)cc43)n2)CC1. The maximum absolute atomic E-state index is 11.0. The molecule has 0 bridgehead atoms. The topological polar surface area (TPSA) is 67.2 Å². The summed E-state index contributed by atoms with van der Waals surface area (Å²) < 4.78 is 1.77. The highest BCUT2D eigenvalue weighted by atomic mass is 35.5. The van der Waals surface area contributed by atoms with Gasteiger partial charge in [0.25, 0.3) is 0 Å². The van der Waals surface area contributed by atoms with Crippen LogP contribution in [0.4, 0.5) is 5.82 Å². The van der Waals surface area contributed by atoms with Gasteiger partial charge in [0.1, 0.15) is 11.0 Å². The van der Waals surface area contributed by atoms with Crippen LogP contribution >= 0.6 is 11.6 Å². The van der Waals surface area contributed by atoms with E-state index in [1.54, 1.807) is 28.0 Å².